The Balaban J connectivity index is 2.01. The summed E-state index contributed by atoms with van der Waals surface area (Å²) in [5.41, 5.74) is 1.44. The van der Waals surface area contributed by atoms with Crippen LogP contribution >= 0.6 is 0 Å². The second kappa shape index (κ2) is 9.97. The summed E-state index contributed by atoms with van der Waals surface area (Å²) < 4.78 is 31.2. The van der Waals surface area contributed by atoms with Crippen molar-refractivity contribution in [2.24, 2.45) is 0 Å². The molecule has 0 spiro atoms. The number of carbonyl (C=O) groups excluding carboxylic acids is 1. The average molecular weight is 391 g/mol. The number of hydrogen-bond donors (Lipinski definition) is 1. The molecule has 0 atom stereocenters. The fourth-order valence-electron chi connectivity index (χ4n) is 2.46. The summed E-state index contributed by atoms with van der Waals surface area (Å²) in [4.78, 5) is 11.7. The summed E-state index contributed by atoms with van der Waals surface area (Å²) in [6.45, 7) is 2.88. The summed E-state index contributed by atoms with van der Waals surface area (Å²) in [7, 11) is -3.44. The quantitative estimate of drug-likeness (QED) is 0.633. The number of hydrogen-bond acceptors (Lipinski definition) is 4. The molecule has 0 aliphatic heterocycles. The zero-order chi connectivity index (χ0) is 19.7. The fraction of sp³-hybridized carbons (Fsp3) is 0.350. The Morgan fingerprint density at radius 3 is 2.33 bits per heavy atom. The fourth-order valence-corrected chi connectivity index (χ4v) is 3.35. The van der Waals surface area contributed by atoms with Crippen LogP contribution in [0.1, 0.15) is 25.3 Å². The van der Waals surface area contributed by atoms with E-state index in [1.54, 1.807) is 24.3 Å². The molecule has 0 unspecified atom stereocenters. The van der Waals surface area contributed by atoms with Gasteiger partial charge in [0.05, 0.1) is 18.5 Å². The topological polar surface area (TPSA) is 75.7 Å². The average Bonchev–Trinajstić information content (AvgIpc) is 2.65. The molecule has 2 rings (SSSR count). The highest BCUT2D eigenvalue weighted by Crippen LogP contribution is 2.23. The van der Waals surface area contributed by atoms with Crippen LogP contribution in [0, 0.1) is 0 Å². The molecule has 0 radical (unpaired) electrons. The molecule has 6 nitrogen and oxygen atoms in total. The number of carbonyl (C=O) groups is 1. The summed E-state index contributed by atoms with van der Waals surface area (Å²) in [6.07, 6.45) is 3.13. The van der Waals surface area contributed by atoms with Gasteiger partial charge in [0.2, 0.25) is 10.0 Å². The number of anilines is 1. The Morgan fingerprint density at radius 1 is 1.07 bits per heavy atom. The number of nitrogens with zero attached hydrogens (tertiary/aromatic N) is 1. The van der Waals surface area contributed by atoms with Crippen molar-refractivity contribution >= 4 is 21.6 Å². The SMILES string of the molecule is CCCCNC(=O)COc1ccc(N(Cc2ccccc2)S(C)(=O)=O)cc1. The van der Waals surface area contributed by atoms with E-state index in [4.69, 9.17) is 4.74 Å². The van der Waals surface area contributed by atoms with Crippen LogP contribution in [0.25, 0.3) is 0 Å². The molecule has 0 aliphatic rings. The van der Waals surface area contributed by atoms with Crippen molar-refractivity contribution in [2.45, 2.75) is 26.3 Å². The van der Waals surface area contributed by atoms with E-state index in [1.165, 1.54) is 10.6 Å². The smallest absolute Gasteiger partial charge is 0.257 e. The second-order valence-electron chi connectivity index (χ2n) is 6.24. The maximum atomic E-state index is 12.2. The van der Waals surface area contributed by atoms with Crippen LogP contribution in [0.4, 0.5) is 5.69 Å². The summed E-state index contributed by atoms with van der Waals surface area (Å²) in [5.74, 6) is 0.340. The van der Waals surface area contributed by atoms with Crippen LogP contribution < -0.4 is 14.4 Å². The molecule has 2 aromatic rings. The predicted octanol–water partition coefficient (Wildman–Crippen LogP) is 2.95. The van der Waals surface area contributed by atoms with Crippen molar-refractivity contribution in [2.75, 3.05) is 23.7 Å². The summed E-state index contributed by atoms with van der Waals surface area (Å²) >= 11 is 0. The maximum Gasteiger partial charge on any atom is 0.257 e. The first kappa shape index (κ1) is 20.8. The molecule has 27 heavy (non-hydrogen) atoms. The maximum absolute atomic E-state index is 12.2. The van der Waals surface area contributed by atoms with Gasteiger partial charge in [-0.15, -0.1) is 0 Å². The van der Waals surface area contributed by atoms with Gasteiger partial charge < -0.3 is 10.1 Å². The van der Waals surface area contributed by atoms with Gasteiger partial charge in [0.25, 0.3) is 5.91 Å². The highest BCUT2D eigenvalue weighted by Gasteiger charge is 2.18. The monoisotopic (exact) mass is 390 g/mol. The van der Waals surface area contributed by atoms with E-state index in [9.17, 15) is 13.2 Å². The van der Waals surface area contributed by atoms with Crippen molar-refractivity contribution in [1.82, 2.24) is 5.32 Å². The van der Waals surface area contributed by atoms with Crippen molar-refractivity contribution in [1.29, 1.82) is 0 Å². The van der Waals surface area contributed by atoms with E-state index in [1.807, 2.05) is 30.3 Å². The number of sulfonamides is 1. The first-order valence-electron chi connectivity index (χ1n) is 8.91. The molecule has 0 bridgehead atoms. The third-order valence-electron chi connectivity index (χ3n) is 3.92. The third kappa shape index (κ3) is 6.94. The third-order valence-corrected chi connectivity index (χ3v) is 5.06. The first-order chi connectivity index (χ1) is 12.9. The van der Waals surface area contributed by atoms with Crippen molar-refractivity contribution in [3.63, 3.8) is 0 Å². The van der Waals surface area contributed by atoms with E-state index in [2.05, 4.69) is 12.2 Å². The molecular weight excluding hydrogens is 364 g/mol. The van der Waals surface area contributed by atoms with Crippen LogP contribution in [0.2, 0.25) is 0 Å². The molecule has 146 valence electrons. The highest BCUT2D eigenvalue weighted by molar-refractivity contribution is 7.92. The van der Waals surface area contributed by atoms with E-state index >= 15 is 0 Å². The first-order valence-corrected chi connectivity index (χ1v) is 10.8. The number of unbranched alkanes of at least 4 members (excludes halogenated alkanes) is 1. The molecular formula is C20H26N2O4S. The van der Waals surface area contributed by atoms with Crippen LogP contribution in [0.3, 0.4) is 0 Å². The molecule has 0 aromatic heterocycles. The Morgan fingerprint density at radius 2 is 1.74 bits per heavy atom. The molecule has 1 amide bonds. The minimum absolute atomic E-state index is 0.0666. The van der Waals surface area contributed by atoms with Gasteiger partial charge in [0.15, 0.2) is 6.61 Å². The van der Waals surface area contributed by atoms with Gasteiger partial charge in [-0.3, -0.25) is 9.10 Å². The van der Waals surface area contributed by atoms with Gasteiger partial charge in [-0.1, -0.05) is 43.7 Å². The predicted molar refractivity (Wildman–Crippen MR) is 107 cm³/mol. The van der Waals surface area contributed by atoms with E-state index in [-0.39, 0.29) is 19.1 Å². The number of benzene rings is 2. The minimum atomic E-state index is -3.44. The normalized spacial score (nSPS) is 11.0. The van der Waals surface area contributed by atoms with Crippen molar-refractivity contribution in [3.8, 4) is 5.75 Å². The molecule has 0 saturated heterocycles. The lowest BCUT2D eigenvalue weighted by Gasteiger charge is -2.22. The summed E-state index contributed by atoms with van der Waals surface area (Å²) in [6, 6.07) is 16.1. The van der Waals surface area contributed by atoms with Crippen molar-refractivity contribution < 1.29 is 17.9 Å². The molecule has 0 aliphatic carbocycles. The lowest BCUT2D eigenvalue weighted by Crippen LogP contribution is -2.30. The van der Waals surface area contributed by atoms with Crippen LogP contribution in [-0.2, 0) is 21.4 Å². The largest absolute Gasteiger partial charge is 0.484 e. The molecule has 7 heteroatoms. The number of amides is 1. The second-order valence-corrected chi connectivity index (χ2v) is 8.15. The lowest BCUT2D eigenvalue weighted by molar-refractivity contribution is -0.123. The molecule has 1 N–H and O–H groups in total. The van der Waals surface area contributed by atoms with Gasteiger partial charge >= 0.3 is 0 Å². The van der Waals surface area contributed by atoms with E-state index in [0.29, 0.717) is 18.0 Å². The van der Waals surface area contributed by atoms with Crippen LogP contribution in [0.15, 0.2) is 54.6 Å². The van der Waals surface area contributed by atoms with E-state index in [0.717, 1.165) is 18.4 Å². The van der Waals surface area contributed by atoms with Crippen LogP contribution in [0.5, 0.6) is 5.75 Å². The van der Waals surface area contributed by atoms with Gasteiger partial charge in [-0.05, 0) is 36.2 Å². The Bertz CT molecular complexity index is 821. The van der Waals surface area contributed by atoms with Gasteiger partial charge in [-0.25, -0.2) is 8.42 Å². The van der Waals surface area contributed by atoms with E-state index < -0.39 is 10.0 Å². The Labute approximate surface area is 161 Å². The molecule has 2 aromatic carbocycles. The molecule has 0 fully saturated rings. The lowest BCUT2D eigenvalue weighted by atomic mass is 10.2. The van der Waals surface area contributed by atoms with Crippen LogP contribution in [-0.4, -0.2) is 33.7 Å². The van der Waals surface area contributed by atoms with Crippen molar-refractivity contribution in [3.05, 3.63) is 60.2 Å². The zero-order valence-electron chi connectivity index (χ0n) is 15.7. The Hall–Kier alpha value is -2.54. The number of ether oxygens (including phenoxy) is 1. The van der Waals surface area contributed by atoms with Gasteiger partial charge in [0, 0.05) is 6.54 Å². The summed E-state index contributed by atoms with van der Waals surface area (Å²) in [5, 5.41) is 2.78. The number of rotatable bonds is 10. The molecule has 0 heterocycles. The highest BCUT2D eigenvalue weighted by atomic mass is 32.2. The standard InChI is InChI=1S/C20H26N2O4S/c1-3-4-14-21-20(23)16-26-19-12-10-18(11-13-19)22(27(2,24)25)15-17-8-6-5-7-9-17/h5-13H,3-4,14-16H2,1-2H3,(H,21,23). The molecule has 0 saturated carbocycles. The van der Waals surface area contributed by atoms with Gasteiger partial charge in [0.1, 0.15) is 5.75 Å². The Kier molecular flexibility index (Phi) is 7.67. The number of nitrogens with one attached hydrogen (secondary N) is 1. The zero-order valence-corrected chi connectivity index (χ0v) is 16.5. The minimum Gasteiger partial charge on any atom is -0.484 e. The van der Waals surface area contributed by atoms with Gasteiger partial charge in [-0.2, -0.15) is 0 Å².